The van der Waals surface area contributed by atoms with Crippen LogP contribution in [-0.4, -0.2) is 0 Å². The molecule has 0 heterocycles. The van der Waals surface area contributed by atoms with E-state index in [4.69, 9.17) is 11.6 Å². The highest BCUT2D eigenvalue weighted by atomic mass is 35.5. The smallest absolute Gasteiger partial charge is 0.0838 e. The molecule has 0 aromatic heterocycles. The first-order valence-corrected chi connectivity index (χ1v) is 8.10. The second-order valence-corrected chi connectivity index (χ2v) is 7.02. The molecule has 112 valence electrons. The lowest BCUT2D eigenvalue weighted by atomic mass is 9.82. The second-order valence-electron chi connectivity index (χ2n) is 6.58. The van der Waals surface area contributed by atoms with Crippen molar-refractivity contribution in [3.05, 3.63) is 70.3 Å². The van der Waals surface area contributed by atoms with Crippen molar-refractivity contribution < 1.29 is 0 Å². The van der Waals surface area contributed by atoms with Crippen molar-refractivity contribution in [1.82, 2.24) is 0 Å². The van der Waals surface area contributed by atoms with Gasteiger partial charge >= 0.3 is 0 Å². The molecule has 0 saturated carbocycles. The number of hydrogen-bond donors (Lipinski definition) is 0. The summed E-state index contributed by atoms with van der Waals surface area (Å²) in [6, 6.07) is 15.3. The van der Waals surface area contributed by atoms with Crippen molar-refractivity contribution in [2.24, 2.45) is 0 Å². The maximum Gasteiger partial charge on any atom is 0.0838 e. The van der Waals surface area contributed by atoms with Crippen molar-refractivity contribution in [2.75, 3.05) is 0 Å². The lowest BCUT2D eigenvalue weighted by Crippen LogP contribution is -2.15. The van der Waals surface area contributed by atoms with E-state index in [9.17, 15) is 0 Å². The van der Waals surface area contributed by atoms with Gasteiger partial charge in [0.05, 0.1) is 5.38 Å². The van der Waals surface area contributed by atoms with Crippen molar-refractivity contribution in [1.29, 1.82) is 0 Å². The summed E-state index contributed by atoms with van der Waals surface area (Å²) in [4.78, 5) is 0. The van der Waals surface area contributed by atoms with Crippen LogP contribution in [0.3, 0.4) is 0 Å². The van der Waals surface area contributed by atoms with Crippen LogP contribution < -0.4 is 0 Å². The van der Waals surface area contributed by atoms with Crippen LogP contribution in [0.5, 0.6) is 0 Å². The van der Waals surface area contributed by atoms with Crippen molar-refractivity contribution >= 4 is 11.6 Å². The SMILES string of the molecule is CCC(C)(C)c1ccc(C(Cl)c2cc(C)ccc2C)cc1. The Morgan fingerprint density at radius 3 is 2.19 bits per heavy atom. The topological polar surface area (TPSA) is 0 Å². The minimum atomic E-state index is -0.0799. The van der Waals surface area contributed by atoms with E-state index in [-0.39, 0.29) is 10.8 Å². The molecule has 0 bridgehead atoms. The quantitative estimate of drug-likeness (QED) is 0.580. The monoisotopic (exact) mass is 300 g/mol. The van der Waals surface area contributed by atoms with Gasteiger partial charge in [0, 0.05) is 0 Å². The number of halogens is 1. The molecule has 0 amide bonds. The van der Waals surface area contributed by atoms with Crippen LogP contribution in [0.4, 0.5) is 0 Å². The van der Waals surface area contributed by atoms with Gasteiger partial charge in [-0.3, -0.25) is 0 Å². The molecule has 0 radical (unpaired) electrons. The molecule has 1 heteroatoms. The zero-order chi connectivity index (χ0) is 15.6. The Morgan fingerprint density at radius 2 is 1.62 bits per heavy atom. The molecule has 0 N–H and O–H groups in total. The Labute approximate surface area is 134 Å². The van der Waals surface area contributed by atoms with Crippen LogP contribution in [0.1, 0.15) is 60.4 Å². The summed E-state index contributed by atoms with van der Waals surface area (Å²) in [5.41, 5.74) is 6.47. The van der Waals surface area contributed by atoms with Crippen molar-refractivity contribution in [2.45, 2.75) is 51.8 Å². The summed E-state index contributed by atoms with van der Waals surface area (Å²) in [6.07, 6.45) is 1.13. The number of rotatable bonds is 4. The van der Waals surface area contributed by atoms with E-state index in [1.165, 1.54) is 27.8 Å². The molecular formula is C20H25Cl. The predicted octanol–water partition coefficient (Wildman–Crippen LogP) is 6.32. The summed E-state index contributed by atoms with van der Waals surface area (Å²) in [5.74, 6) is 0. The maximum atomic E-state index is 6.71. The van der Waals surface area contributed by atoms with Gasteiger partial charge in [0.2, 0.25) is 0 Å². The molecule has 1 atom stereocenters. The Morgan fingerprint density at radius 1 is 1.00 bits per heavy atom. The number of alkyl halides is 1. The molecule has 0 aliphatic carbocycles. The summed E-state index contributed by atoms with van der Waals surface area (Å²) < 4.78 is 0. The van der Waals surface area contributed by atoms with Gasteiger partial charge < -0.3 is 0 Å². The second kappa shape index (κ2) is 6.23. The molecule has 21 heavy (non-hydrogen) atoms. The van der Waals surface area contributed by atoms with Crippen LogP contribution in [0.15, 0.2) is 42.5 Å². The van der Waals surface area contributed by atoms with Gasteiger partial charge in [0.1, 0.15) is 0 Å². The van der Waals surface area contributed by atoms with E-state index in [0.29, 0.717) is 0 Å². The van der Waals surface area contributed by atoms with Crippen molar-refractivity contribution in [3.63, 3.8) is 0 Å². The Kier molecular flexibility index (Phi) is 4.78. The van der Waals surface area contributed by atoms with Crippen LogP contribution in [0, 0.1) is 13.8 Å². The largest absolute Gasteiger partial charge is 0.113 e. The lowest BCUT2D eigenvalue weighted by molar-refractivity contribution is 0.506. The highest BCUT2D eigenvalue weighted by Gasteiger charge is 2.19. The lowest BCUT2D eigenvalue weighted by Gasteiger charge is -2.24. The summed E-state index contributed by atoms with van der Waals surface area (Å²) in [5, 5.41) is -0.0799. The fourth-order valence-electron chi connectivity index (χ4n) is 2.52. The van der Waals surface area contributed by atoms with E-state index in [1.54, 1.807) is 0 Å². The van der Waals surface area contributed by atoms with Crippen LogP contribution >= 0.6 is 11.6 Å². The molecular weight excluding hydrogens is 276 g/mol. The highest BCUT2D eigenvalue weighted by Crippen LogP contribution is 2.33. The van der Waals surface area contributed by atoms with Crippen LogP contribution in [0.2, 0.25) is 0 Å². The van der Waals surface area contributed by atoms with E-state index in [1.807, 2.05) is 0 Å². The average Bonchev–Trinajstić information content (AvgIpc) is 2.49. The molecule has 0 aliphatic heterocycles. The molecule has 0 spiro atoms. The Bertz CT molecular complexity index is 608. The Hall–Kier alpha value is -1.27. The number of aryl methyl sites for hydroxylation is 2. The van der Waals surface area contributed by atoms with Crippen LogP contribution in [-0.2, 0) is 5.41 Å². The average molecular weight is 301 g/mol. The maximum absolute atomic E-state index is 6.71. The summed E-state index contributed by atoms with van der Waals surface area (Å²) >= 11 is 6.71. The van der Waals surface area contributed by atoms with Gasteiger partial charge in [0.25, 0.3) is 0 Å². The first kappa shape index (κ1) is 16.1. The fraction of sp³-hybridized carbons (Fsp3) is 0.400. The van der Waals surface area contributed by atoms with Gasteiger partial charge in [-0.15, -0.1) is 11.6 Å². The summed E-state index contributed by atoms with van der Waals surface area (Å²) in [6.45, 7) is 11.0. The minimum Gasteiger partial charge on any atom is -0.113 e. The summed E-state index contributed by atoms with van der Waals surface area (Å²) in [7, 11) is 0. The van der Waals surface area contributed by atoms with Gasteiger partial charge in [-0.2, -0.15) is 0 Å². The zero-order valence-corrected chi connectivity index (χ0v) is 14.5. The standard InChI is InChI=1S/C20H25Cl/c1-6-20(4,5)17-11-9-16(10-12-17)19(21)18-13-14(2)7-8-15(18)3/h7-13,19H,6H2,1-5H3. The molecule has 0 saturated heterocycles. The van der Waals surface area contributed by atoms with Gasteiger partial charge in [-0.25, -0.2) is 0 Å². The van der Waals surface area contributed by atoms with Crippen molar-refractivity contribution in [3.8, 4) is 0 Å². The zero-order valence-electron chi connectivity index (χ0n) is 13.7. The third kappa shape index (κ3) is 3.49. The molecule has 2 rings (SSSR count). The van der Waals surface area contributed by atoms with E-state index < -0.39 is 0 Å². The third-order valence-electron chi connectivity index (χ3n) is 4.58. The van der Waals surface area contributed by atoms with Crippen LogP contribution in [0.25, 0.3) is 0 Å². The fourth-order valence-corrected chi connectivity index (χ4v) is 2.90. The molecule has 0 aliphatic rings. The number of hydrogen-bond acceptors (Lipinski definition) is 0. The molecule has 0 nitrogen and oxygen atoms in total. The van der Waals surface area contributed by atoms with E-state index in [2.05, 4.69) is 77.1 Å². The van der Waals surface area contributed by atoms with Gasteiger partial charge in [-0.1, -0.05) is 68.8 Å². The first-order valence-electron chi connectivity index (χ1n) is 7.67. The molecule has 0 fully saturated rings. The van der Waals surface area contributed by atoms with Gasteiger partial charge in [-0.05, 0) is 47.9 Å². The van der Waals surface area contributed by atoms with E-state index >= 15 is 0 Å². The molecule has 1 unspecified atom stereocenters. The molecule has 2 aromatic rings. The Balaban J connectivity index is 2.32. The van der Waals surface area contributed by atoms with Gasteiger partial charge in [0.15, 0.2) is 0 Å². The highest BCUT2D eigenvalue weighted by molar-refractivity contribution is 6.22. The molecule has 2 aromatic carbocycles. The first-order chi connectivity index (χ1) is 9.85. The normalized spacial score (nSPS) is 13.2. The number of benzene rings is 2. The predicted molar refractivity (Wildman–Crippen MR) is 93.4 cm³/mol. The minimum absolute atomic E-state index is 0.0799. The van der Waals surface area contributed by atoms with E-state index in [0.717, 1.165) is 6.42 Å². The third-order valence-corrected chi connectivity index (χ3v) is 5.06.